The van der Waals surface area contributed by atoms with E-state index in [0.717, 1.165) is 5.56 Å². The number of benzene rings is 1. The molecule has 5 nitrogen and oxygen atoms in total. The van der Waals surface area contributed by atoms with E-state index in [2.05, 4.69) is 10.6 Å². The van der Waals surface area contributed by atoms with Gasteiger partial charge in [-0.2, -0.15) is 0 Å². The molecule has 0 heterocycles. The molecule has 0 saturated carbocycles. The summed E-state index contributed by atoms with van der Waals surface area (Å²) in [7, 11) is 0. The van der Waals surface area contributed by atoms with E-state index in [1.165, 1.54) is 0 Å². The van der Waals surface area contributed by atoms with Crippen LogP contribution in [0.4, 0.5) is 0 Å². The van der Waals surface area contributed by atoms with Crippen molar-refractivity contribution in [3.8, 4) is 0 Å². The summed E-state index contributed by atoms with van der Waals surface area (Å²) >= 11 is 0. The molecule has 0 bridgehead atoms. The van der Waals surface area contributed by atoms with Crippen LogP contribution in [0.3, 0.4) is 0 Å². The second kappa shape index (κ2) is 8.26. The third kappa shape index (κ3) is 5.09. The van der Waals surface area contributed by atoms with Crippen LogP contribution in [0.2, 0.25) is 0 Å². The summed E-state index contributed by atoms with van der Waals surface area (Å²) in [6.45, 7) is 3.03. The molecule has 0 fully saturated rings. The Morgan fingerprint density at radius 2 is 1.89 bits per heavy atom. The van der Waals surface area contributed by atoms with Crippen molar-refractivity contribution >= 4 is 11.8 Å². The predicted octanol–water partition coefficient (Wildman–Crippen LogP) is 0.371. The molecule has 1 aromatic rings. The van der Waals surface area contributed by atoms with E-state index in [1.54, 1.807) is 0 Å². The first-order valence-electron chi connectivity index (χ1n) is 6.48. The number of rotatable bonds is 7. The van der Waals surface area contributed by atoms with E-state index in [1.807, 2.05) is 37.3 Å². The van der Waals surface area contributed by atoms with Gasteiger partial charge in [-0.1, -0.05) is 30.3 Å². The number of nitrogens with two attached hydrogens (primary N) is 1. The minimum Gasteiger partial charge on any atom is -0.356 e. The lowest BCUT2D eigenvalue weighted by molar-refractivity contribution is -0.123. The third-order valence-electron chi connectivity index (χ3n) is 2.78. The van der Waals surface area contributed by atoms with Crippen LogP contribution in [-0.4, -0.2) is 31.4 Å². The molecule has 0 radical (unpaired) electrons. The molecule has 104 valence electrons. The largest absolute Gasteiger partial charge is 0.356 e. The van der Waals surface area contributed by atoms with Crippen LogP contribution in [0.15, 0.2) is 30.3 Å². The van der Waals surface area contributed by atoms with Crippen LogP contribution in [0.1, 0.15) is 24.8 Å². The van der Waals surface area contributed by atoms with E-state index in [4.69, 9.17) is 5.73 Å². The number of nitrogens with one attached hydrogen (secondary N) is 2. The van der Waals surface area contributed by atoms with Crippen molar-refractivity contribution in [3.05, 3.63) is 35.9 Å². The van der Waals surface area contributed by atoms with Crippen molar-refractivity contribution in [2.45, 2.75) is 19.3 Å². The molecular formula is C14H21N3O2. The van der Waals surface area contributed by atoms with E-state index in [-0.39, 0.29) is 30.7 Å². The molecule has 2 amide bonds. The van der Waals surface area contributed by atoms with Gasteiger partial charge >= 0.3 is 0 Å². The average molecular weight is 263 g/mol. The number of amides is 2. The number of hydrogen-bond acceptors (Lipinski definition) is 3. The zero-order chi connectivity index (χ0) is 14.1. The fourth-order valence-corrected chi connectivity index (χ4v) is 1.79. The topological polar surface area (TPSA) is 84.2 Å². The highest BCUT2D eigenvalue weighted by atomic mass is 16.2. The summed E-state index contributed by atoms with van der Waals surface area (Å²) in [5.74, 6) is -0.569. The van der Waals surface area contributed by atoms with E-state index in [0.29, 0.717) is 13.1 Å². The van der Waals surface area contributed by atoms with Crippen LogP contribution in [0.5, 0.6) is 0 Å². The maximum Gasteiger partial charge on any atom is 0.228 e. The van der Waals surface area contributed by atoms with Gasteiger partial charge < -0.3 is 16.4 Å². The molecule has 1 atom stereocenters. The quantitative estimate of drug-likeness (QED) is 0.664. The molecule has 0 spiro atoms. The van der Waals surface area contributed by atoms with Gasteiger partial charge in [-0.3, -0.25) is 9.59 Å². The number of carbonyl (C=O) groups excluding carboxylic acids is 2. The van der Waals surface area contributed by atoms with Crippen molar-refractivity contribution in [1.29, 1.82) is 0 Å². The number of carbonyl (C=O) groups is 2. The van der Waals surface area contributed by atoms with Crippen LogP contribution >= 0.6 is 0 Å². The Bertz CT molecular complexity index is 406. The molecule has 0 aromatic heterocycles. The average Bonchev–Trinajstić information content (AvgIpc) is 2.41. The molecule has 1 aromatic carbocycles. The SMILES string of the molecule is CCNC(=O)CCNC(=O)C(CN)c1ccccc1. The molecule has 5 heteroatoms. The van der Waals surface area contributed by atoms with Crippen molar-refractivity contribution < 1.29 is 9.59 Å². The van der Waals surface area contributed by atoms with Crippen LogP contribution < -0.4 is 16.4 Å². The van der Waals surface area contributed by atoms with Crippen molar-refractivity contribution in [2.24, 2.45) is 5.73 Å². The molecule has 19 heavy (non-hydrogen) atoms. The smallest absolute Gasteiger partial charge is 0.228 e. The normalized spacial score (nSPS) is 11.7. The Morgan fingerprint density at radius 3 is 2.47 bits per heavy atom. The van der Waals surface area contributed by atoms with Gasteiger partial charge in [0.25, 0.3) is 0 Å². The van der Waals surface area contributed by atoms with Gasteiger partial charge in [0.2, 0.25) is 11.8 Å². The first-order valence-corrected chi connectivity index (χ1v) is 6.48. The van der Waals surface area contributed by atoms with Gasteiger partial charge in [-0.05, 0) is 12.5 Å². The van der Waals surface area contributed by atoms with Gasteiger partial charge in [-0.25, -0.2) is 0 Å². The van der Waals surface area contributed by atoms with Crippen LogP contribution in [-0.2, 0) is 9.59 Å². The lowest BCUT2D eigenvalue weighted by Gasteiger charge is -2.15. The van der Waals surface area contributed by atoms with E-state index >= 15 is 0 Å². The highest BCUT2D eigenvalue weighted by molar-refractivity contribution is 5.84. The van der Waals surface area contributed by atoms with Crippen molar-refractivity contribution in [2.75, 3.05) is 19.6 Å². The van der Waals surface area contributed by atoms with Crippen LogP contribution in [0.25, 0.3) is 0 Å². The first-order chi connectivity index (χ1) is 9.19. The summed E-state index contributed by atoms with van der Waals surface area (Å²) in [4.78, 5) is 23.2. The lowest BCUT2D eigenvalue weighted by Crippen LogP contribution is -2.36. The minimum atomic E-state index is -0.365. The minimum absolute atomic E-state index is 0.0631. The molecule has 1 rings (SSSR count). The second-order valence-corrected chi connectivity index (χ2v) is 4.19. The molecule has 0 aliphatic heterocycles. The third-order valence-corrected chi connectivity index (χ3v) is 2.78. The Labute approximate surface area is 113 Å². The molecular weight excluding hydrogens is 242 g/mol. The van der Waals surface area contributed by atoms with Gasteiger partial charge in [0, 0.05) is 26.1 Å². The molecule has 1 unspecified atom stereocenters. The van der Waals surface area contributed by atoms with E-state index < -0.39 is 0 Å². The number of hydrogen-bond donors (Lipinski definition) is 3. The van der Waals surface area contributed by atoms with E-state index in [9.17, 15) is 9.59 Å². The molecule has 0 saturated heterocycles. The monoisotopic (exact) mass is 263 g/mol. The Hall–Kier alpha value is -1.88. The lowest BCUT2D eigenvalue weighted by atomic mass is 9.98. The Kier molecular flexibility index (Phi) is 6.60. The second-order valence-electron chi connectivity index (χ2n) is 4.19. The predicted molar refractivity (Wildman–Crippen MR) is 74.5 cm³/mol. The summed E-state index contributed by atoms with van der Waals surface area (Å²) in [5, 5.41) is 5.42. The summed E-state index contributed by atoms with van der Waals surface area (Å²) < 4.78 is 0. The fraction of sp³-hybridized carbons (Fsp3) is 0.429. The standard InChI is InChI=1S/C14H21N3O2/c1-2-16-13(18)8-9-17-14(19)12(10-15)11-6-4-3-5-7-11/h3-7,12H,2,8-10,15H2,1H3,(H,16,18)(H,17,19). The highest BCUT2D eigenvalue weighted by Crippen LogP contribution is 2.13. The van der Waals surface area contributed by atoms with Gasteiger partial charge in [0.15, 0.2) is 0 Å². The zero-order valence-electron chi connectivity index (χ0n) is 11.2. The maximum absolute atomic E-state index is 12.0. The highest BCUT2D eigenvalue weighted by Gasteiger charge is 2.18. The molecule has 4 N–H and O–H groups in total. The van der Waals surface area contributed by atoms with Crippen molar-refractivity contribution in [1.82, 2.24) is 10.6 Å². The maximum atomic E-state index is 12.0. The summed E-state index contributed by atoms with van der Waals surface area (Å²) in [6.07, 6.45) is 0.283. The Morgan fingerprint density at radius 1 is 1.21 bits per heavy atom. The molecule has 0 aliphatic carbocycles. The van der Waals surface area contributed by atoms with Gasteiger partial charge in [0.05, 0.1) is 5.92 Å². The molecule has 0 aliphatic rings. The van der Waals surface area contributed by atoms with Gasteiger partial charge in [0.1, 0.15) is 0 Å². The first kappa shape index (κ1) is 15.2. The summed E-state index contributed by atoms with van der Waals surface area (Å²) in [5.41, 5.74) is 6.53. The fourth-order valence-electron chi connectivity index (χ4n) is 1.79. The van der Waals surface area contributed by atoms with Crippen molar-refractivity contribution in [3.63, 3.8) is 0 Å². The van der Waals surface area contributed by atoms with Crippen LogP contribution in [0, 0.1) is 0 Å². The zero-order valence-corrected chi connectivity index (χ0v) is 11.2. The Balaban J connectivity index is 2.45. The summed E-state index contributed by atoms with van der Waals surface area (Å²) in [6, 6.07) is 9.39. The van der Waals surface area contributed by atoms with Gasteiger partial charge in [-0.15, -0.1) is 0 Å².